The van der Waals surface area contributed by atoms with Crippen molar-refractivity contribution in [1.82, 2.24) is 15.2 Å². The molecular weight excluding hydrogens is 305 g/mol. The van der Waals surface area contributed by atoms with Gasteiger partial charge in [0, 0.05) is 18.7 Å². The Morgan fingerprint density at radius 2 is 2.09 bits per heavy atom. The highest BCUT2D eigenvalue weighted by Gasteiger charge is 2.25. The third kappa shape index (κ3) is 2.85. The number of amides is 2. The van der Waals surface area contributed by atoms with Gasteiger partial charge in [0.2, 0.25) is 5.91 Å². The van der Waals surface area contributed by atoms with Crippen LogP contribution in [0.2, 0.25) is 0 Å². The molecule has 2 heterocycles. The Morgan fingerprint density at radius 3 is 2.77 bits per heavy atom. The normalized spacial score (nSPS) is 14.8. The molecular formula is C15H14FN3O2S. The molecule has 1 saturated heterocycles. The number of carbonyl (C=O) groups excluding carboxylic acids is 2. The maximum atomic E-state index is 13.0. The van der Waals surface area contributed by atoms with Crippen molar-refractivity contribution < 1.29 is 14.0 Å². The number of hydrogen-bond donors (Lipinski definition) is 1. The van der Waals surface area contributed by atoms with E-state index in [0.29, 0.717) is 28.7 Å². The van der Waals surface area contributed by atoms with Crippen molar-refractivity contribution in [2.45, 2.75) is 6.92 Å². The smallest absolute Gasteiger partial charge is 0.266 e. The number of halogens is 1. The van der Waals surface area contributed by atoms with E-state index in [9.17, 15) is 14.0 Å². The Labute approximate surface area is 130 Å². The summed E-state index contributed by atoms with van der Waals surface area (Å²) >= 11 is 1.26. The van der Waals surface area contributed by atoms with Crippen LogP contribution in [0.25, 0.3) is 10.6 Å². The van der Waals surface area contributed by atoms with Crippen molar-refractivity contribution >= 4 is 23.2 Å². The molecule has 3 rings (SSSR count). The zero-order valence-corrected chi connectivity index (χ0v) is 12.7. The lowest BCUT2D eigenvalue weighted by molar-refractivity contribution is -0.123. The number of rotatable bonds is 2. The molecule has 1 N–H and O–H groups in total. The molecule has 22 heavy (non-hydrogen) atoms. The average molecular weight is 319 g/mol. The van der Waals surface area contributed by atoms with Crippen LogP contribution in [-0.2, 0) is 4.79 Å². The van der Waals surface area contributed by atoms with E-state index in [2.05, 4.69) is 10.3 Å². The van der Waals surface area contributed by atoms with E-state index in [1.165, 1.54) is 28.4 Å². The standard InChI is InChI=1S/C15H14FN3O2S/c1-9-13(15(21)19-7-6-17-12(20)8-19)22-14(18-9)10-2-4-11(16)5-3-10/h2-5H,6-8H2,1H3,(H,17,20). The third-order valence-corrected chi connectivity index (χ3v) is 4.60. The van der Waals surface area contributed by atoms with Crippen LogP contribution in [0.3, 0.4) is 0 Å². The van der Waals surface area contributed by atoms with Gasteiger partial charge in [-0.25, -0.2) is 9.37 Å². The molecule has 114 valence electrons. The average Bonchev–Trinajstić information content (AvgIpc) is 2.89. The van der Waals surface area contributed by atoms with Gasteiger partial charge in [-0.1, -0.05) is 0 Å². The number of nitrogens with zero attached hydrogens (tertiary/aromatic N) is 2. The number of thiazole rings is 1. The fourth-order valence-corrected chi connectivity index (χ4v) is 3.31. The quantitative estimate of drug-likeness (QED) is 0.918. The summed E-state index contributed by atoms with van der Waals surface area (Å²) in [6.45, 7) is 2.80. The molecule has 7 heteroatoms. The first kappa shape index (κ1) is 14.6. The van der Waals surface area contributed by atoms with Crippen molar-refractivity contribution in [2.24, 2.45) is 0 Å². The summed E-state index contributed by atoms with van der Waals surface area (Å²) in [6, 6.07) is 6.00. The fraction of sp³-hybridized carbons (Fsp3) is 0.267. The second kappa shape index (κ2) is 5.84. The molecule has 0 aliphatic carbocycles. The van der Waals surface area contributed by atoms with Crippen LogP contribution in [0.1, 0.15) is 15.4 Å². The molecule has 1 aromatic heterocycles. The lowest BCUT2D eigenvalue weighted by atomic mass is 10.2. The van der Waals surface area contributed by atoms with E-state index in [0.717, 1.165) is 5.56 Å². The summed E-state index contributed by atoms with van der Waals surface area (Å²) in [5.41, 5.74) is 1.39. The number of aryl methyl sites for hydroxylation is 1. The van der Waals surface area contributed by atoms with Crippen LogP contribution in [0.4, 0.5) is 4.39 Å². The Kier molecular flexibility index (Phi) is 3.89. The number of nitrogens with one attached hydrogen (secondary N) is 1. The predicted molar refractivity (Wildman–Crippen MR) is 81.2 cm³/mol. The molecule has 2 aromatic rings. The van der Waals surface area contributed by atoms with Gasteiger partial charge >= 0.3 is 0 Å². The van der Waals surface area contributed by atoms with Crippen LogP contribution in [-0.4, -0.2) is 41.3 Å². The van der Waals surface area contributed by atoms with E-state index in [1.54, 1.807) is 19.1 Å². The van der Waals surface area contributed by atoms with Gasteiger partial charge in [0.25, 0.3) is 5.91 Å². The topological polar surface area (TPSA) is 62.3 Å². The van der Waals surface area contributed by atoms with Crippen molar-refractivity contribution in [1.29, 1.82) is 0 Å². The minimum atomic E-state index is -0.312. The number of benzene rings is 1. The Balaban J connectivity index is 1.87. The van der Waals surface area contributed by atoms with Gasteiger partial charge in [0.05, 0.1) is 12.2 Å². The Morgan fingerprint density at radius 1 is 1.36 bits per heavy atom. The lowest BCUT2D eigenvalue weighted by Gasteiger charge is -2.26. The first-order valence-electron chi connectivity index (χ1n) is 6.84. The Bertz CT molecular complexity index is 727. The maximum Gasteiger partial charge on any atom is 0.266 e. The Hall–Kier alpha value is -2.28. The summed E-state index contributed by atoms with van der Waals surface area (Å²) in [5, 5.41) is 3.36. The van der Waals surface area contributed by atoms with Crippen molar-refractivity contribution in [2.75, 3.05) is 19.6 Å². The van der Waals surface area contributed by atoms with Gasteiger partial charge in [-0.2, -0.15) is 0 Å². The van der Waals surface area contributed by atoms with Crippen molar-refractivity contribution in [3.05, 3.63) is 40.7 Å². The lowest BCUT2D eigenvalue weighted by Crippen LogP contribution is -2.49. The number of piperazine rings is 1. The second-order valence-electron chi connectivity index (χ2n) is 5.02. The fourth-order valence-electron chi connectivity index (χ4n) is 2.27. The van der Waals surface area contributed by atoms with Crippen LogP contribution in [0, 0.1) is 12.7 Å². The molecule has 0 bridgehead atoms. The van der Waals surface area contributed by atoms with Crippen LogP contribution >= 0.6 is 11.3 Å². The van der Waals surface area contributed by atoms with Gasteiger partial charge < -0.3 is 10.2 Å². The predicted octanol–water partition coefficient (Wildman–Crippen LogP) is 1.83. The summed E-state index contributed by atoms with van der Waals surface area (Å²) in [4.78, 5) is 30.4. The molecule has 1 fully saturated rings. The first-order chi connectivity index (χ1) is 10.5. The van der Waals surface area contributed by atoms with Crippen LogP contribution < -0.4 is 5.32 Å². The number of carbonyl (C=O) groups is 2. The van der Waals surface area contributed by atoms with E-state index >= 15 is 0 Å². The molecule has 1 aliphatic heterocycles. The third-order valence-electron chi connectivity index (χ3n) is 3.41. The van der Waals surface area contributed by atoms with Gasteiger partial charge in [0.15, 0.2) is 0 Å². The van der Waals surface area contributed by atoms with Gasteiger partial charge in [-0.3, -0.25) is 9.59 Å². The molecule has 0 unspecified atom stereocenters. The summed E-state index contributed by atoms with van der Waals surface area (Å²) in [6.07, 6.45) is 0. The minimum Gasteiger partial charge on any atom is -0.353 e. The highest BCUT2D eigenvalue weighted by Crippen LogP contribution is 2.29. The highest BCUT2D eigenvalue weighted by molar-refractivity contribution is 7.17. The monoisotopic (exact) mass is 319 g/mol. The molecule has 2 amide bonds. The SMILES string of the molecule is Cc1nc(-c2ccc(F)cc2)sc1C(=O)N1CCNC(=O)C1. The molecule has 0 spiro atoms. The summed E-state index contributed by atoms with van der Waals surface area (Å²) < 4.78 is 13.0. The molecule has 1 aromatic carbocycles. The zero-order chi connectivity index (χ0) is 15.7. The van der Waals surface area contributed by atoms with E-state index in [-0.39, 0.29) is 24.2 Å². The minimum absolute atomic E-state index is 0.0715. The molecule has 5 nitrogen and oxygen atoms in total. The number of hydrogen-bond acceptors (Lipinski definition) is 4. The van der Waals surface area contributed by atoms with Gasteiger partial charge in [-0.15, -0.1) is 11.3 Å². The van der Waals surface area contributed by atoms with Crippen LogP contribution in [0.15, 0.2) is 24.3 Å². The van der Waals surface area contributed by atoms with Gasteiger partial charge in [-0.05, 0) is 31.2 Å². The summed E-state index contributed by atoms with van der Waals surface area (Å²) in [7, 11) is 0. The molecule has 0 radical (unpaired) electrons. The largest absolute Gasteiger partial charge is 0.353 e. The number of aromatic nitrogens is 1. The van der Waals surface area contributed by atoms with Crippen LogP contribution in [0.5, 0.6) is 0 Å². The maximum absolute atomic E-state index is 13.0. The highest BCUT2D eigenvalue weighted by atomic mass is 32.1. The van der Waals surface area contributed by atoms with Crippen molar-refractivity contribution in [3.63, 3.8) is 0 Å². The summed E-state index contributed by atoms with van der Waals surface area (Å²) in [5.74, 6) is -0.647. The zero-order valence-electron chi connectivity index (χ0n) is 11.9. The van der Waals surface area contributed by atoms with E-state index in [1.807, 2.05) is 0 Å². The second-order valence-corrected chi connectivity index (χ2v) is 6.02. The van der Waals surface area contributed by atoms with Gasteiger partial charge in [0.1, 0.15) is 15.7 Å². The molecule has 1 aliphatic rings. The molecule has 0 saturated carbocycles. The van der Waals surface area contributed by atoms with E-state index < -0.39 is 0 Å². The molecule has 0 atom stereocenters. The van der Waals surface area contributed by atoms with E-state index in [4.69, 9.17) is 0 Å². The first-order valence-corrected chi connectivity index (χ1v) is 7.65. The van der Waals surface area contributed by atoms with Crippen molar-refractivity contribution in [3.8, 4) is 10.6 Å².